The van der Waals surface area contributed by atoms with Crippen LogP contribution in [0.25, 0.3) is 97.4 Å². The molecule has 2 heteroatoms. The molecular formula is C75H49NS. The summed E-state index contributed by atoms with van der Waals surface area (Å²) in [6, 6.07) is 110. The van der Waals surface area contributed by atoms with E-state index >= 15 is 0 Å². The Morgan fingerprint density at radius 1 is 0.286 bits per heavy atom. The highest BCUT2D eigenvalue weighted by Crippen LogP contribution is 2.58. The number of hydrogen-bond donors (Lipinski definition) is 0. The number of benzene rings is 13. The van der Waals surface area contributed by atoms with Crippen LogP contribution in [0.5, 0.6) is 0 Å². The SMILES string of the molecule is c1ccc(N(c2ccc(-c3cccc4ccccc34)cc2)c2ccc(-c3cccc4ccccc34)cc2-c2ccc(-c3ccc4c(c3)-c3ccccc3C4(c3ccccc3)c3ccccc3)c3sc4ccccc4c23)cc1. The third kappa shape index (κ3) is 7.21. The summed E-state index contributed by atoms with van der Waals surface area (Å²) in [6.07, 6.45) is 0. The molecule has 0 radical (unpaired) electrons. The lowest BCUT2D eigenvalue weighted by molar-refractivity contribution is 0.768. The fraction of sp³-hybridized carbons (Fsp3) is 0.0133. The second kappa shape index (κ2) is 18.4. The highest BCUT2D eigenvalue weighted by atomic mass is 32.1. The molecule has 13 aromatic carbocycles. The zero-order valence-electron chi connectivity index (χ0n) is 42.1. The maximum absolute atomic E-state index is 2.48. The van der Waals surface area contributed by atoms with Gasteiger partial charge >= 0.3 is 0 Å². The molecule has 0 saturated heterocycles. The molecule has 0 amide bonds. The van der Waals surface area contributed by atoms with Crippen molar-refractivity contribution in [1.29, 1.82) is 0 Å². The number of thiophene rings is 1. The third-order valence-electron chi connectivity index (χ3n) is 16.2. The third-order valence-corrected chi connectivity index (χ3v) is 17.4. The number of nitrogens with zero attached hydrogens (tertiary/aromatic N) is 1. The van der Waals surface area contributed by atoms with Gasteiger partial charge in [0.25, 0.3) is 0 Å². The van der Waals surface area contributed by atoms with Crippen molar-refractivity contribution in [3.63, 3.8) is 0 Å². The molecule has 1 heterocycles. The Labute approximate surface area is 452 Å². The van der Waals surface area contributed by atoms with E-state index in [1.54, 1.807) is 0 Å². The van der Waals surface area contributed by atoms with Gasteiger partial charge in [-0.15, -0.1) is 11.3 Å². The van der Waals surface area contributed by atoms with E-state index in [2.05, 4.69) is 302 Å². The van der Waals surface area contributed by atoms with Crippen LogP contribution < -0.4 is 4.90 Å². The number of para-hydroxylation sites is 1. The van der Waals surface area contributed by atoms with Gasteiger partial charge in [0.05, 0.1) is 11.1 Å². The predicted molar refractivity (Wildman–Crippen MR) is 328 cm³/mol. The number of rotatable bonds is 9. The van der Waals surface area contributed by atoms with Gasteiger partial charge in [-0.2, -0.15) is 0 Å². The Bertz CT molecular complexity index is 4500. The first-order valence-corrected chi connectivity index (χ1v) is 27.4. The first-order valence-electron chi connectivity index (χ1n) is 26.6. The summed E-state index contributed by atoms with van der Waals surface area (Å²) in [7, 11) is 0. The molecule has 77 heavy (non-hydrogen) atoms. The minimum atomic E-state index is -0.462. The van der Waals surface area contributed by atoms with Crippen LogP contribution in [0.3, 0.4) is 0 Å². The summed E-state index contributed by atoms with van der Waals surface area (Å²) in [6.45, 7) is 0. The summed E-state index contributed by atoms with van der Waals surface area (Å²) in [5, 5.41) is 7.48. The van der Waals surface area contributed by atoms with Crippen LogP contribution in [0.1, 0.15) is 22.3 Å². The molecule has 1 aromatic heterocycles. The molecule has 1 aliphatic carbocycles. The molecule has 0 atom stereocenters. The summed E-state index contributed by atoms with van der Waals surface area (Å²) in [4.78, 5) is 2.45. The molecule has 0 unspecified atom stereocenters. The van der Waals surface area contributed by atoms with E-state index < -0.39 is 5.41 Å². The molecule has 0 N–H and O–H groups in total. The van der Waals surface area contributed by atoms with Gasteiger partial charge < -0.3 is 4.90 Å². The van der Waals surface area contributed by atoms with Crippen LogP contribution in [0.2, 0.25) is 0 Å². The lowest BCUT2D eigenvalue weighted by Gasteiger charge is -2.33. The lowest BCUT2D eigenvalue weighted by atomic mass is 9.67. The molecular weight excluding hydrogens is 947 g/mol. The first kappa shape index (κ1) is 44.8. The van der Waals surface area contributed by atoms with Crippen LogP contribution in [-0.4, -0.2) is 0 Å². The fourth-order valence-electron chi connectivity index (χ4n) is 12.8. The zero-order chi connectivity index (χ0) is 50.9. The molecule has 0 saturated carbocycles. The minimum absolute atomic E-state index is 0.462. The van der Waals surface area contributed by atoms with Crippen LogP contribution in [0.4, 0.5) is 17.1 Å². The Kier molecular flexibility index (Phi) is 10.7. The van der Waals surface area contributed by atoms with Crippen molar-refractivity contribution in [3.05, 3.63) is 320 Å². The van der Waals surface area contributed by atoms with Gasteiger partial charge in [-0.3, -0.25) is 0 Å². The topological polar surface area (TPSA) is 3.24 Å². The van der Waals surface area contributed by atoms with Crippen molar-refractivity contribution < 1.29 is 0 Å². The van der Waals surface area contributed by atoms with Crippen molar-refractivity contribution in [2.75, 3.05) is 4.90 Å². The van der Waals surface area contributed by atoms with E-state index in [4.69, 9.17) is 0 Å². The van der Waals surface area contributed by atoms with E-state index in [0.29, 0.717) is 0 Å². The normalized spacial score (nSPS) is 12.5. The van der Waals surface area contributed by atoms with E-state index in [0.717, 1.165) is 22.6 Å². The standard InChI is InChI=1S/C75H49NS/c1-4-24-55(25-5-1)75(56-26-6-2-7-27-56)69-36-16-14-32-64(69)67-48-54(40-46-70(67)75)63-44-45-65(73-66-33-15-17-37-72(66)77-74(63)73)68-49-53(62-35-19-23-51-21-11-13-31-60(51)62)41-47-71(68)76(57-28-8-3-9-29-57)58-42-38-52(39-43-58)61-34-18-22-50-20-10-12-30-59(50)61/h1-49H. The summed E-state index contributed by atoms with van der Waals surface area (Å²) in [5.41, 5.74) is 20.2. The molecule has 14 aromatic rings. The van der Waals surface area contributed by atoms with Crippen LogP contribution in [-0.2, 0) is 5.41 Å². The van der Waals surface area contributed by atoms with Gasteiger partial charge in [0.1, 0.15) is 0 Å². The maximum Gasteiger partial charge on any atom is 0.0713 e. The molecule has 360 valence electrons. The summed E-state index contributed by atoms with van der Waals surface area (Å²) < 4.78 is 2.55. The van der Waals surface area contributed by atoms with E-state index in [1.165, 1.54) is 114 Å². The number of anilines is 3. The van der Waals surface area contributed by atoms with E-state index in [-0.39, 0.29) is 0 Å². The predicted octanol–water partition coefficient (Wildman–Crippen LogP) is 20.9. The maximum atomic E-state index is 2.48. The number of fused-ring (bicyclic) bond motifs is 8. The summed E-state index contributed by atoms with van der Waals surface area (Å²) in [5.74, 6) is 0. The molecule has 0 spiro atoms. The van der Waals surface area contributed by atoms with Crippen LogP contribution >= 0.6 is 11.3 Å². The van der Waals surface area contributed by atoms with Crippen molar-refractivity contribution in [3.8, 4) is 55.6 Å². The first-order chi connectivity index (χ1) is 38.2. The Hall–Kier alpha value is -9.60. The van der Waals surface area contributed by atoms with Gasteiger partial charge in [0.15, 0.2) is 0 Å². The van der Waals surface area contributed by atoms with Crippen molar-refractivity contribution in [2.45, 2.75) is 5.41 Å². The lowest BCUT2D eigenvalue weighted by Crippen LogP contribution is -2.28. The second-order valence-electron chi connectivity index (χ2n) is 20.3. The zero-order valence-corrected chi connectivity index (χ0v) is 43.0. The quantitative estimate of drug-likeness (QED) is 0.139. The van der Waals surface area contributed by atoms with E-state index in [9.17, 15) is 0 Å². The largest absolute Gasteiger partial charge is 0.310 e. The Balaban J connectivity index is 0.959. The van der Waals surface area contributed by atoms with Gasteiger partial charge in [0, 0.05) is 37.1 Å². The average Bonchev–Trinajstić information content (AvgIpc) is 4.25. The average molecular weight is 996 g/mol. The number of hydrogen-bond acceptors (Lipinski definition) is 2. The molecule has 0 fully saturated rings. The molecule has 0 aliphatic heterocycles. The molecule has 15 rings (SSSR count). The van der Waals surface area contributed by atoms with Crippen molar-refractivity contribution >= 4 is 70.1 Å². The monoisotopic (exact) mass is 995 g/mol. The minimum Gasteiger partial charge on any atom is -0.310 e. The van der Waals surface area contributed by atoms with Crippen LogP contribution in [0.15, 0.2) is 297 Å². The second-order valence-corrected chi connectivity index (χ2v) is 21.3. The highest BCUT2D eigenvalue weighted by Gasteiger charge is 2.46. The van der Waals surface area contributed by atoms with Crippen molar-refractivity contribution in [1.82, 2.24) is 0 Å². The summed E-state index contributed by atoms with van der Waals surface area (Å²) >= 11 is 1.90. The van der Waals surface area contributed by atoms with E-state index in [1.807, 2.05) is 11.3 Å². The van der Waals surface area contributed by atoms with Gasteiger partial charge in [-0.25, -0.2) is 0 Å². The smallest absolute Gasteiger partial charge is 0.0713 e. The van der Waals surface area contributed by atoms with Gasteiger partial charge in [-0.05, 0) is 142 Å². The van der Waals surface area contributed by atoms with Crippen LogP contribution in [0, 0.1) is 0 Å². The Morgan fingerprint density at radius 3 is 1.47 bits per heavy atom. The molecule has 0 bridgehead atoms. The van der Waals surface area contributed by atoms with Gasteiger partial charge in [-0.1, -0.05) is 249 Å². The Morgan fingerprint density at radius 2 is 0.766 bits per heavy atom. The molecule has 1 aliphatic rings. The highest BCUT2D eigenvalue weighted by molar-refractivity contribution is 7.26. The molecule has 1 nitrogen and oxygen atoms in total. The van der Waals surface area contributed by atoms with Crippen molar-refractivity contribution in [2.24, 2.45) is 0 Å². The van der Waals surface area contributed by atoms with Gasteiger partial charge in [0.2, 0.25) is 0 Å². The fourth-order valence-corrected chi connectivity index (χ4v) is 14.0.